The molecule has 34 heavy (non-hydrogen) atoms. The Balaban J connectivity index is 1.89. The molecule has 182 valence electrons. The summed E-state index contributed by atoms with van der Waals surface area (Å²) in [4.78, 5) is 19.9. The normalized spacial score (nSPS) is 15.5. The zero-order valence-electron chi connectivity index (χ0n) is 21.6. The Morgan fingerprint density at radius 2 is 1.76 bits per heavy atom. The number of aromatic nitrogens is 2. The van der Waals surface area contributed by atoms with E-state index >= 15 is 0 Å². The third-order valence-corrected chi connectivity index (χ3v) is 6.12. The van der Waals surface area contributed by atoms with Crippen molar-refractivity contribution < 1.29 is 14.3 Å². The third-order valence-electron chi connectivity index (χ3n) is 6.12. The van der Waals surface area contributed by atoms with Gasteiger partial charge in [0.15, 0.2) is 0 Å². The second kappa shape index (κ2) is 11.0. The SMILES string of the molecule is CCCCCCc1cc2c(cc1C#Cc1cnc(OC(=O)CCC)nc1)C(C)(C)CC(C)(C)O2. The van der Waals surface area contributed by atoms with Crippen LogP contribution in [0.5, 0.6) is 11.8 Å². The number of carbonyl (C=O) groups excluding carboxylic acids is 1. The molecule has 1 aromatic carbocycles. The van der Waals surface area contributed by atoms with E-state index in [4.69, 9.17) is 9.47 Å². The molecule has 2 heterocycles. The lowest BCUT2D eigenvalue weighted by Crippen LogP contribution is -2.41. The fraction of sp³-hybridized carbons (Fsp3) is 0.552. The molecule has 0 aliphatic carbocycles. The molecule has 3 rings (SSSR count). The van der Waals surface area contributed by atoms with Gasteiger partial charge in [0.1, 0.15) is 11.4 Å². The van der Waals surface area contributed by atoms with Crippen LogP contribution in [0.3, 0.4) is 0 Å². The van der Waals surface area contributed by atoms with Gasteiger partial charge in [-0.15, -0.1) is 0 Å². The summed E-state index contributed by atoms with van der Waals surface area (Å²) in [5, 5.41) is 0. The summed E-state index contributed by atoms with van der Waals surface area (Å²) in [6, 6.07) is 4.49. The summed E-state index contributed by atoms with van der Waals surface area (Å²) < 4.78 is 11.5. The molecular formula is C29H38N2O3. The first-order valence-electron chi connectivity index (χ1n) is 12.5. The molecule has 0 spiro atoms. The number of hydrogen-bond acceptors (Lipinski definition) is 5. The van der Waals surface area contributed by atoms with Crippen molar-refractivity contribution in [3.8, 4) is 23.6 Å². The number of esters is 1. The first-order chi connectivity index (χ1) is 16.1. The van der Waals surface area contributed by atoms with E-state index in [9.17, 15) is 4.79 Å². The van der Waals surface area contributed by atoms with E-state index in [2.05, 4.69) is 68.6 Å². The molecule has 0 atom stereocenters. The molecule has 1 aliphatic rings. The molecule has 5 nitrogen and oxygen atoms in total. The maximum Gasteiger partial charge on any atom is 0.324 e. The Hall–Kier alpha value is -2.87. The lowest BCUT2D eigenvalue weighted by atomic mass is 9.73. The molecule has 0 saturated heterocycles. The van der Waals surface area contributed by atoms with E-state index < -0.39 is 0 Å². The van der Waals surface area contributed by atoms with E-state index in [1.807, 2.05) is 6.92 Å². The van der Waals surface area contributed by atoms with Gasteiger partial charge in [0.2, 0.25) is 0 Å². The summed E-state index contributed by atoms with van der Waals surface area (Å²) in [7, 11) is 0. The zero-order valence-corrected chi connectivity index (χ0v) is 21.6. The largest absolute Gasteiger partial charge is 0.488 e. The Bertz CT molecular complexity index is 1060. The topological polar surface area (TPSA) is 61.3 Å². The number of rotatable bonds is 8. The van der Waals surface area contributed by atoms with Crippen molar-refractivity contribution in [2.75, 3.05) is 0 Å². The molecule has 5 heteroatoms. The van der Waals surface area contributed by atoms with Crippen LogP contribution in [0.1, 0.15) is 109 Å². The van der Waals surface area contributed by atoms with Gasteiger partial charge in [-0.1, -0.05) is 58.8 Å². The lowest BCUT2D eigenvalue weighted by molar-refractivity contribution is -0.134. The van der Waals surface area contributed by atoms with E-state index in [1.165, 1.54) is 30.4 Å². The van der Waals surface area contributed by atoms with Crippen LogP contribution >= 0.6 is 0 Å². The van der Waals surface area contributed by atoms with Crippen LogP contribution in [0.15, 0.2) is 24.5 Å². The fourth-order valence-electron chi connectivity index (χ4n) is 4.72. The van der Waals surface area contributed by atoms with Gasteiger partial charge in [0.25, 0.3) is 0 Å². The average Bonchev–Trinajstić information content (AvgIpc) is 2.75. The molecule has 0 amide bonds. The molecule has 0 unspecified atom stereocenters. The highest BCUT2D eigenvalue weighted by molar-refractivity contribution is 5.71. The van der Waals surface area contributed by atoms with Gasteiger partial charge in [0, 0.05) is 29.9 Å². The minimum atomic E-state index is -0.323. The van der Waals surface area contributed by atoms with Crippen molar-refractivity contribution in [2.24, 2.45) is 0 Å². The van der Waals surface area contributed by atoms with Crippen LogP contribution in [0, 0.1) is 11.8 Å². The quantitative estimate of drug-likeness (QED) is 0.253. The van der Waals surface area contributed by atoms with Gasteiger partial charge < -0.3 is 9.47 Å². The van der Waals surface area contributed by atoms with Crippen molar-refractivity contribution in [3.63, 3.8) is 0 Å². The highest BCUT2D eigenvalue weighted by Crippen LogP contribution is 2.45. The number of ether oxygens (including phenoxy) is 2. The summed E-state index contributed by atoms with van der Waals surface area (Å²) >= 11 is 0. The Morgan fingerprint density at radius 3 is 2.44 bits per heavy atom. The van der Waals surface area contributed by atoms with Crippen LogP contribution in [0.25, 0.3) is 0 Å². The highest BCUT2D eigenvalue weighted by Gasteiger charge is 2.39. The molecular weight excluding hydrogens is 424 g/mol. The number of unbranched alkanes of at least 4 members (excludes halogenated alkanes) is 3. The van der Waals surface area contributed by atoms with Gasteiger partial charge in [0.05, 0.1) is 5.56 Å². The van der Waals surface area contributed by atoms with Crippen LogP contribution in [0.4, 0.5) is 0 Å². The standard InChI is InChI=1S/C29H38N2O3/c1-7-9-10-11-13-22-17-25-24(28(3,4)20-29(5,6)34-25)16-23(22)15-14-21-18-30-27(31-19-21)33-26(32)12-8-2/h16-19H,7-13,20H2,1-6H3. The first-order valence-corrected chi connectivity index (χ1v) is 12.5. The second-order valence-electron chi connectivity index (χ2n) is 10.5. The molecule has 0 N–H and O–H groups in total. The summed E-state index contributed by atoms with van der Waals surface area (Å²) in [5.41, 5.74) is 3.96. The molecule has 1 aromatic heterocycles. The van der Waals surface area contributed by atoms with Crippen molar-refractivity contribution in [3.05, 3.63) is 46.8 Å². The van der Waals surface area contributed by atoms with Crippen LogP contribution in [0.2, 0.25) is 0 Å². The molecule has 0 saturated carbocycles. The molecule has 2 aromatic rings. The second-order valence-corrected chi connectivity index (χ2v) is 10.5. The Morgan fingerprint density at radius 1 is 1.03 bits per heavy atom. The number of nitrogens with zero attached hydrogens (tertiary/aromatic N) is 2. The van der Waals surface area contributed by atoms with E-state index in [-0.39, 0.29) is 23.0 Å². The average molecular weight is 463 g/mol. The van der Waals surface area contributed by atoms with Crippen molar-refractivity contribution >= 4 is 5.97 Å². The predicted octanol–water partition coefficient (Wildman–Crippen LogP) is 6.54. The highest BCUT2D eigenvalue weighted by atomic mass is 16.5. The lowest BCUT2D eigenvalue weighted by Gasteiger charge is -2.42. The number of fused-ring (bicyclic) bond motifs is 1. The van der Waals surface area contributed by atoms with Gasteiger partial charge in [-0.3, -0.25) is 4.79 Å². The predicted molar refractivity (Wildman–Crippen MR) is 135 cm³/mol. The van der Waals surface area contributed by atoms with Gasteiger partial charge in [-0.2, -0.15) is 0 Å². The van der Waals surface area contributed by atoms with Gasteiger partial charge in [-0.25, -0.2) is 9.97 Å². The van der Waals surface area contributed by atoms with Crippen molar-refractivity contribution in [1.29, 1.82) is 0 Å². The number of carbonyl (C=O) groups is 1. The number of aryl methyl sites for hydroxylation is 1. The monoisotopic (exact) mass is 462 g/mol. The van der Waals surface area contributed by atoms with E-state index in [1.54, 1.807) is 12.4 Å². The van der Waals surface area contributed by atoms with Crippen LogP contribution < -0.4 is 9.47 Å². The van der Waals surface area contributed by atoms with Gasteiger partial charge in [-0.05, 0) is 62.6 Å². The molecule has 0 fully saturated rings. The molecule has 1 aliphatic heterocycles. The minimum Gasteiger partial charge on any atom is -0.488 e. The summed E-state index contributed by atoms with van der Waals surface area (Å²) in [6.45, 7) is 13.0. The number of benzene rings is 1. The van der Waals surface area contributed by atoms with E-state index in [0.29, 0.717) is 12.0 Å². The third kappa shape index (κ3) is 6.82. The molecule has 0 bridgehead atoms. The summed E-state index contributed by atoms with van der Waals surface area (Å²) in [6.07, 6.45) is 11.0. The minimum absolute atomic E-state index is 0.00137. The zero-order chi connectivity index (χ0) is 24.8. The van der Waals surface area contributed by atoms with Crippen LogP contribution in [-0.2, 0) is 16.6 Å². The van der Waals surface area contributed by atoms with Crippen LogP contribution in [-0.4, -0.2) is 21.5 Å². The van der Waals surface area contributed by atoms with E-state index in [0.717, 1.165) is 37.0 Å². The maximum atomic E-state index is 11.6. The molecule has 0 radical (unpaired) electrons. The Kier molecular flexibility index (Phi) is 8.36. The maximum absolute atomic E-state index is 11.6. The first kappa shape index (κ1) is 25.7. The van der Waals surface area contributed by atoms with Crippen molar-refractivity contribution in [1.82, 2.24) is 9.97 Å². The smallest absolute Gasteiger partial charge is 0.324 e. The summed E-state index contributed by atoms with van der Waals surface area (Å²) in [5.74, 6) is 7.23. The van der Waals surface area contributed by atoms with Crippen molar-refractivity contribution in [2.45, 2.75) is 104 Å². The Labute approximate surface area is 204 Å². The fourth-order valence-corrected chi connectivity index (χ4v) is 4.72. The van der Waals surface area contributed by atoms with Gasteiger partial charge >= 0.3 is 12.0 Å². The number of hydrogen-bond donors (Lipinski definition) is 0.